The van der Waals surface area contributed by atoms with E-state index < -0.39 is 10.7 Å². The van der Waals surface area contributed by atoms with Crippen molar-refractivity contribution in [2.45, 2.75) is 0 Å². The second-order valence-electron chi connectivity index (χ2n) is 2.87. The number of aromatic nitrogens is 2. The lowest BCUT2D eigenvalue weighted by molar-refractivity contribution is -0.384. The number of halogens is 1. The first-order valence-electron chi connectivity index (χ1n) is 4.11. The molecule has 0 spiro atoms. The van der Waals surface area contributed by atoms with Crippen molar-refractivity contribution < 1.29 is 9.31 Å². The molecule has 0 unspecified atom stereocenters. The number of hydrogen-bond donors (Lipinski definition) is 1. The van der Waals surface area contributed by atoms with Crippen LogP contribution in [0.25, 0.3) is 10.6 Å². The summed E-state index contributed by atoms with van der Waals surface area (Å²) in [6.45, 7) is 0. The van der Waals surface area contributed by atoms with Crippen LogP contribution in [0.5, 0.6) is 0 Å². The molecule has 0 aliphatic heterocycles. The number of non-ortho nitro benzene ring substituents is 1. The van der Waals surface area contributed by atoms with Crippen LogP contribution in [0, 0.1) is 15.9 Å². The second kappa shape index (κ2) is 3.81. The van der Waals surface area contributed by atoms with Gasteiger partial charge in [0, 0.05) is 12.1 Å². The molecule has 1 aromatic carbocycles. The van der Waals surface area contributed by atoms with Gasteiger partial charge in [0.05, 0.1) is 10.5 Å². The van der Waals surface area contributed by atoms with E-state index in [1.54, 1.807) is 0 Å². The van der Waals surface area contributed by atoms with Crippen molar-refractivity contribution in [3.8, 4) is 10.6 Å². The van der Waals surface area contributed by atoms with Crippen molar-refractivity contribution in [2.75, 3.05) is 5.73 Å². The van der Waals surface area contributed by atoms with Gasteiger partial charge in [0.2, 0.25) is 5.13 Å². The molecule has 2 aromatic rings. The maximum absolute atomic E-state index is 13.4. The molecule has 16 heavy (non-hydrogen) atoms. The summed E-state index contributed by atoms with van der Waals surface area (Å²) in [7, 11) is 0. The van der Waals surface area contributed by atoms with Gasteiger partial charge in [-0.05, 0) is 6.07 Å². The Morgan fingerprint density at radius 1 is 1.44 bits per heavy atom. The van der Waals surface area contributed by atoms with Crippen LogP contribution in [0.4, 0.5) is 15.2 Å². The first-order chi connectivity index (χ1) is 7.58. The lowest BCUT2D eigenvalue weighted by atomic mass is 10.2. The van der Waals surface area contributed by atoms with Crippen LogP contribution in [0.15, 0.2) is 18.2 Å². The number of nitro benzene ring substituents is 1. The van der Waals surface area contributed by atoms with Crippen molar-refractivity contribution in [3.05, 3.63) is 34.1 Å². The zero-order valence-corrected chi connectivity index (χ0v) is 8.57. The van der Waals surface area contributed by atoms with Gasteiger partial charge in [-0.1, -0.05) is 11.3 Å². The molecule has 0 atom stereocenters. The summed E-state index contributed by atoms with van der Waals surface area (Å²) >= 11 is 0.968. The lowest BCUT2D eigenvalue weighted by Crippen LogP contribution is -1.91. The summed E-state index contributed by atoms with van der Waals surface area (Å²) in [4.78, 5) is 9.92. The fraction of sp³-hybridized carbons (Fsp3) is 0. The second-order valence-corrected chi connectivity index (χ2v) is 3.88. The average Bonchev–Trinajstić information content (AvgIpc) is 2.65. The molecule has 0 fully saturated rings. The molecule has 0 aliphatic rings. The minimum Gasteiger partial charge on any atom is -0.374 e. The molecule has 2 rings (SSSR count). The maximum atomic E-state index is 13.4. The monoisotopic (exact) mass is 240 g/mol. The molecular weight excluding hydrogens is 235 g/mol. The van der Waals surface area contributed by atoms with Gasteiger partial charge in [0.1, 0.15) is 5.82 Å². The van der Waals surface area contributed by atoms with E-state index in [4.69, 9.17) is 5.73 Å². The summed E-state index contributed by atoms with van der Waals surface area (Å²) in [6, 6.07) is 3.21. The van der Waals surface area contributed by atoms with Gasteiger partial charge >= 0.3 is 0 Å². The molecule has 0 saturated heterocycles. The van der Waals surface area contributed by atoms with Crippen molar-refractivity contribution in [1.29, 1.82) is 0 Å². The Morgan fingerprint density at radius 3 is 2.75 bits per heavy atom. The maximum Gasteiger partial charge on any atom is 0.270 e. The van der Waals surface area contributed by atoms with Crippen molar-refractivity contribution >= 4 is 22.2 Å². The zero-order valence-electron chi connectivity index (χ0n) is 7.75. The average molecular weight is 240 g/mol. The van der Waals surface area contributed by atoms with Crippen molar-refractivity contribution in [2.24, 2.45) is 0 Å². The van der Waals surface area contributed by atoms with Crippen molar-refractivity contribution in [1.82, 2.24) is 10.2 Å². The molecular formula is C8H5FN4O2S. The van der Waals surface area contributed by atoms with Gasteiger partial charge in [-0.25, -0.2) is 4.39 Å². The van der Waals surface area contributed by atoms with Gasteiger partial charge in [-0.2, -0.15) is 0 Å². The molecule has 0 amide bonds. The number of anilines is 1. The molecule has 0 bridgehead atoms. The molecule has 1 aromatic heterocycles. The van der Waals surface area contributed by atoms with Gasteiger partial charge in [0.25, 0.3) is 5.69 Å². The van der Waals surface area contributed by atoms with E-state index in [1.165, 1.54) is 0 Å². The highest BCUT2D eigenvalue weighted by Crippen LogP contribution is 2.29. The molecule has 8 heteroatoms. The molecule has 0 saturated carbocycles. The SMILES string of the molecule is Nc1nnc(-c2cc([N+](=O)[O-])ccc2F)s1. The Morgan fingerprint density at radius 2 is 2.19 bits per heavy atom. The summed E-state index contributed by atoms with van der Waals surface area (Å²) in [5.74, 6) is -0.596. The van der Waals surface area contributed by atoms with E-state index in [0.29, 0.717) is 0 Å². The minimum atomic E-state index is -0.604. The van der Waals surface area contributed by atoms with E-state index in [2.05, 4.69) is 10.2 Å². The Hall–Kier alpha value is -2.09. The highest BCUT2D eigenvalue weighted by Gasteiger charge is 2.15. The molecule has 0 radical (unpaired) electrons. The number of nitrogen functional groups attached to an aromatic ring is 1. The van der Waals surface area contributed by atoms with E-state index >= 15 is 0 Å². The predicted molar refractivity (Wildman–Crippen MR) is 56.4 cm³/mol. The fourth-order valence-electron chi connectivity index (χ4n) is 1.13. The zero-order chi connectivity index (χ0) is 11.7. The largest absolute Gasteiger partial charge is 0.374 e. The topological polar surface area (TPSA) is 94.9 Å². The molecule has 1 heterocycles. The van der Waals surface area contributed by atoms with Gasteiger partial charge in [-0.3, -0.25) is 10.1 Å². The van der Waals surface area contributed by atoms with E-state index in [-0.39, 0.29) is 21.4 Å². The first kappa shape index (κ1) is 10.4. The number of rotatable bonds is 2. The Bertz CT molecular complexity index is 557. The summed E-state index contributed by atoms with van der Waals surface area (Å²) in [6.07, 6.45) is 0. The van der Waals surface area contributed by atoms with Crippen LogP contribution < -0.4 is 5.73 Å². The van der Waals surface area contributed by atoms with Gasteiger partial charge in [-0.15, -0.1) is 10.2 Å². The van der Waals surface area contributed by atoms with Crippen LogP contribution in [0.2, 0.25) is 0 Å². The number of hydrogen-bond acceptors (Lipinski definition) is 6. The third-order valence-electron chi connectivity index (χ3n) is 1.83. The Kier molecular flexibility index (Phi) is 2.49. The van der Waals surface area contributed by atoms with Crippen LogP contribution in [-0.2, 0) is 0 Å². The molecule has 0 aliphatic carbocycles. The van der Waals surface area contributed by atoms with E-state index in [9.17, 15) is 14.5 Å². The summed E-state index contributed by atoms with van der Waals surface area (Å²) in [5, 5.41) is 18.1. The van der Waals surface area contributed by atoms with Crippen LogP contribution in [0.1, 0.15) is 0 Å². The summed E-state index contributed by atoms with van der Waals surface area (Å²) < 4.78 is 13.4. The highest BCUT2D eigenvalue weighted by molar-refractivity contribution is 7.18. The Labute approximate surface area is 92.7 Å². The van der Waals surface area contributed by atoms with E-state index in [0.717, 1.165) is 29.5 Å². The van der Waals surface area contributed by atoms with Crippen LogP contribution >= 0.6 is 11.3 Å². The smallest absolute Gasteiger partial charge is 0.270 e. The number of nitrogens with zero attached hydrogens (tertiary/aromatic N) is 3. The highest BCUT2D eigenvalue weighted by atomic mass is 32.1. The number of nitrogens with two attached hydrogens (primary N) is 1. The molecule has 2 N–H and O–H groups in total. The standard InChI is InChI=1S/C8H5FN4O2S/c9-6-2-1-4(13(14)15)3-5(6)7-11-12-8(10)16-7/h1-3H,(H2,10,12). The van der Waals surface area contributed by atoms with Gasteiger partial charge < -0.3 is 5.73 Å². The van der Waals surface area contributed by atoms with E-state index in [1.807, 2.05) is 0 Å². The van der Waals surface area contributed by atoms with Crippen LogP contribution in [-0.4, -0.2) is 15.1 Å². The predicted octanol–water partition coefficient (Wildman–Crippen LogP) is 1.83. The summed E-state index contributed by atoms with van der Waals surface area (Å²) in [5.41, 5.74) is 5.18. The third-order valence-corrected chi connectivity index (χ3v) is 2.62. The third kappa shape index (κ3) is 1.82. The van der Waals surface area contributed by atoms with Crippen molar-refractivity contribution in [3.63, 3.8) is 0 Å². The Balaban J connectivity index is 2.55. The fourth-order valence-corrected chi connectivity index (χ4v) is 1.76. The quantitative estimate of drug-likeness (QED) is 0.638. The number of nitro groups is 1. The molecule has 82 valence electrons. The minimum absolute atomic E-state index is 0.0309. The lowest BCUT2D eigenvalue weighted by Gasteiger charge is -1.97. The van der Waals surface area contributed by atoms with Gasteiger partial charge in [0.15, 0.2) is 5.01 Å². The normalized spacial score (nSPS) is 10.3. The van der Waals surface area contributed by atoms with Crippen LogP contribution in [0.3, 0.4) is 0 Å². The molecule has 6 nitrogen and oxygen atoms in total. The first-order valence-corrected chi connectivity index (χ1v) is 4.93. The number of benzene rings is 1.